The number of hydrogen-bond acceptors (Lipinski definition) is 1. The minimum atomic E-state index is -0.0391. The number of hydrogen-bond donors (Lipinski definition) is 1. The zero-order chi connectivity index (χ0) is 12.0. The van der Waals surface area contributed by atoms with Crippen molar-refractivity contribution in [3.8, 4) is 0 Å². The highest BCUT2D eigenvalue weighted by Gasteiger charge is 2.07. The van der Waals surface area contributed by atoms with Crippen LogP contribution in [0.5, 0.6) is 0 Å². The van der Waals surface area contributed by atoms with E-state index in [1.807, 2.05) is 18.2 Å². The van der Waals surface area contributed by atoms with Gasteiger partial charge in [-0.3, -0.25) is 4.79 Å². The molecule has 0 aliphatic carbocycles. The van der Waals surface area contributed by atoms with Crippen LogP contribution in [-0.2, 0) is 0 Å². The summed E-state index contributed by atoms with van der Waals surface area (Å²) >= 11 is 8.97. The van der Waals surface area contributed by atoms with E-state index in [4.69, 9.17) is 11.6 Å². The fourth-order valence-electron chi connectivity index (χ4n) is 1.29. The molecule has 16 heavy (non-hydrogen) atoms. The maximum Gasteiger partial charge on any atom is 0.251 e. The molecule has 0 saturated carbocycles. The smallest absolute Gasteiger partial charge is 0.251 e. The minimum Gasteiger partial charge on any atom is -0.352 e. The number of carbonyl (C=O) groups excluding carboxylic acids is 1. The third-order valence-electron chi connectivity index (χ3n) is 2.30. The average Bonchev–Trinajstić information content (AvgIpc) is 2.26. The van der Waals surface area contributed by atoms with Gasteiger partial charge in [0.2, 0.25) is 0 Å². The molecular formula is C12H15BrClNO. The van der Waals surface area contributed by atoms with Gasteiger partial charge in [-0.1, -0.05) is 28.9 Å². The molecule has 88 valence electrons. The molecule has 1 N–H and O–H groups in total. The van der Waals surface area contributed by atoms with Gasteiger partial charge in [0.15, 0.2) is 0 Å². The summed E-state index contributed by atoms with van der Waals surface area (Å²) < 4.78 is 0.911. The first kappa shape index (κ1) is 13.5. The van der Waals surface area contributed by atoms with Crippen molar-refractivity contribution in [2.24, 2.45) is 5.92 Å². The Balaban J connectivity index is 2.47. The molecule has 0 fully saturated rings. The highest BCUT2D eigenvalue weighted by molar-refractivity contribution is 9.10. The van der Waals surface area contributed by atoms with Gasteiger partial charge in [-0.05, 0) is 30.5 Å². The van der Waals surface area contributed by atoms with Crippen LogP contribution in [0, 0.1) is 5.92 Å². The van der Waals surface area contributed by atoms with Crippen molar-refractivity contribution in [1.29, 1.82) is 0 Å². The largest absolute Gasteiger partial charge is 0.352 e. The molecule has 0 spiro atoms. The van der Waals surface area contributed by atoms with Gasteiger partial charge in [0, 0.05) is 22.5 Å². The molecule has 0 saturated heterocycles. The van der Waals surface area contributed by atoms with Crippen LogP contribution in [0.1, 0.15) is 23.7 Å². The molecule has 4 heteroatoms. The van der Waals surface area contributed by atoms with Crippen molar-refractivity contribution in [1.82, 2.24) is 5.32 Å². The second-order valence-electron chi connectivity index (χ2n) is 3.80. The van der Waals surface area contributed by atoms with Crippen molar-refractivity contribution < 1.29 is 4.79 Å². The van der Waals surface area contributed by atoms with Crippen LogP contribution in [0.3, 0.4) is 0 Å². The lowest BCUT2D eigenvalue weighted by molar-refractivity contribution is 0.0948. The van der Waals surface area contributed by atoms with Crippen LogP contribution in [0.15, 0.2) is 28.7 Å². The lowest BCUT2D eigenvalue weighted by Gasteiger charge is -2.11. The fourth-order valence-corrected chi connectivity index (χ4v) is 2.06. The highest BCUT2D eigenvalue weighted by atomic mass is 79.9. The second kappa shape index (κ2) is 6.92. The number of amides is 1. The molecule has 0 bridgehead atoms. The van der Waals surface area contributed by atoms with E-state index in [0.717, 1.165) is 10.9 Å². The molecule has 1 unspecified atom stereocenters. The van der Waals surface area contributed by atoms with Gasteiger partial charge in [-0.25, -0.2) is 0 Å². The first-order valence-electron chi connectivity index (χ1n) is 5.23. The Kier molecular flexibility index (Phi) is 5.85. The van der Waals surface area contributed by atoms with Crippen LogP contribution < -0.4 is 5.32 Å². The summed E-state index contributed by atoms with van der Waals surface area (Å²) in [5, 5.41) is 2.89. The second-order valence-corrected chi connectivity index (χ2v) is 5.10. The quantitative estimate of drug-likeness (QED) is 0.830. The van der Waals surface area contributed by atoms with Crippen LogP contribution in [0.25, 0.3) is 0 Å². The molecule has 0 aromatic heterocycles. The molecule has 0 heterocycles. The van der Waals surface area contributed by atoms with E-state index in [1.54, 1.807) is 6.07 Å². The molecule has 2 nitrogen and oxygen atoms in total. The molecule has 1 rings (SSSR count). The van der Waals surface area contributed by atoms with Gasteiger partial charge in [0.05, 0.1) is 0 Å². The first-order chi connectivity index (χ1) is 7.63. The summed E-state index contributed by atoms with van der Waals surface area (Å²) in [5.41, 5.74) is 0.674. The van der Waals surface area contributed by atoms with Gasteiger partial charge in [0.1, 0.15) is 0 Å². The lowest BCUT2D eigenvalue weighted by atomic mass is 10.1. The average molecular weight is 305 g/mol. The molecule has 1 atom stereocenters. The molecule has 1 aromatic carbocycles. The topological polar surface area (TPSA) is 29.1 Å². The number of rotatable bonds is 5. The van der Waals surface area contributed by atoms with Crippen molar-refractivity contribution in [3.63, 3.8) is 0 Å². The molecule has 1 aromatic rings. The summed E-state index contributed by atoms with van der Waals surface area (Å²) in [5.74, 6) is 1.00. The number of benzene rings is 1. The normalized spacial score (nSPS) is 12.2. The van der Waals surface area contributed by atoms with Crippen molar-refractivity contribution in [2.75, 3.05) is 12.4 Å². The Morgan fingerprint density at radius 2 is 2.31 bits per heavy atom. The van der Waals surface area contributed by atoms with E-state index in [0.29, 0.717) is 23.9 Å². The van der Waals surface area contributed by atoms with E-state index < -0.39 is 0 Å². The summed E-state index contributed by atoms with van der Waals surface area (Å²) in [6.07, 6.45) is 0.917. The van der Waals surface area contributed by atoms with Gasteiger partial charge in [-0.2, -0.15) is 0 Å². The SMILES string of the molecule is CC(CCCl)CNC(=O)c1cccc(Br)c1. The van der Waals surface area contributed by atoms with E-state index >= 15 is 0 Å². The van der Waals surface area contributed by atoms with Gasteiger partial charge < -0.3 is 5.32 Å². The number of nitrogens with one attached hydrogen (secondary N) is 1. The fraction of sp³-hybridized carbons (Fsp3) is 0.417. The Bertz CT molecular complexity index is 357. The zero-order valence-electron chi connectivity index (χ0n) is 9.17. The van der Waals surface area contributed by atoms with Crippen LogP contribution in [0.2, 0.25) is 0 Å². The standard InChI is InChI=1S/C12H15BrClNO/c1-9(5-6-14)8-15-12(16)10-3-2-4-11(13)7-10/h2-4,7,9H,5-6,8H2,1H3,(H,15,16). The Hall–Kier alpha value is -0.540. The number of halogens is 2. The molecule has 0 aliphatic rings. The summed E-state index contributed by atoms with van der Waals surface area (Å²) in [4.78, 5) is 11.7. The van der Waals surface area contributed by atoms with Crippen LogP contribution >= 0.6 is 27.5 Å². The monoisotopic (exact) mass is 303 g/mol. The van der Waals surface area contributed by atoms with Crippen LogP contribution in [-0.4, -0.2) is 18.3 Å². The van der Waals surface area contributed by atoms with E-state index in [-0.39, 0.29) is 5.91 Å². The van der Waals surface area contributed by atoms with Crippen LogP contribution in [0.4, 0.5) is 0 Å². The predicted octanol–water partition coefficient (Wildman–Crippen LogP) is 3.44. The van der Waals surface area contributed by atoms with Crippen molar-refractivity contribution in [3.05, 3.63) is 34.3 Å². The lowest BCUT2D eigenvalue weighted by Crippen LogP contribution is -2.28. The third-order valence-corrected chi connectivity index (χ3v) is 3.01. The van der Waals surface area contributed by atoms with E-state index in [1.165, 1.54) is 0 Å². The highest BCUT2D eigenvalue weighted by Crippen LogP contribution is 2.11. The third kappa shape index (κ3) is 4.54. The minimum absolute atomic E-state index is 0.0391. The number of alkyl halides is 1. The Labute approximate surface area is 110 Å². The van der Waals surface area contributed by atoms with Crippen molar-refractivity contribution >= 4 is 33.4 Å². The molecule has 0 radical (unpaired) electrons. The summed E-state index contributed by atoms with van der Waals surface area (Å²) in [6.45, 7) is 2.74. The summed E-state index contributed by atoms with van der Waals surface area (Å²) in [6, 6.07) is 7.35. The van der Waals surface area contributed by atoms with E-state index in [9.17, 15) is 4.79 Å². The zero-order valence-corrected chi connectivity index (χ0v) is 11.5. The maximum absolute atomic E-state index is 11.7. The molecule has 0 aliphatic heterocycles. The Morgan fingerprint density at radius 3 is 2.94 bits per heavy atom. The van der Waals surface area contributed by atoms with Gasteiger partial charge in [-0.15, -0.1) is 11.6 Å². The predicted molar refractivity (Wildman–Crippen MR) is 71.0 cm³/mol. The maximum atomic E-state index is 11.7. The molecular weight excluding hydrogens is 289 g/mol. The van der Waals surface area contributed by atoms with Gasteiger partial charge in [0.25, 0.3) is 5.91 Å². The molecule has 1 amide bonds. The van der Waals surface area contributed by atoms with Crippen molar-refractivity contribution in [2.45, 2.75) is 13.3 Å². The first-order valence-corrected chi connectivity index (χ1v) is 6.56. The Morgan fingerprint density at radius 1 is 1.56 bits per heavy atom. The summed E-state index contributed by atoms with van der Waals surface area (Å²) in [7, 11) is 0. The van der Waals surface area contributed by atoms with Gasteiger partial charge >= 0.3 is 0 Å². The number of carbonyl (C=O) groups is 1. The van der Waals surface area contributed by atoms with E-state index in [2.05, 4.69) is 28.2 Å².